The summed E-state index contributed by atoms with van der Waals surface area (Å²) in [5, 5.41) is 0.346. The van der Waals surface area contributed by atoms with Gasteiger partial charge in [-0.1, -0.05) is 0 Å². The van der Waals surface area contributed by atoms with Gasteiger partial charge in [0.2, 0.25) is 11.7 Å². The molecule has 23 heteroatoms. The first kappa shape index (κ1) is 29.6. The highest BCUT2D eigenvalue weighted by atomic mass is 32.5. The molecule has 18 nitrogen and oxygen atoms in total. The van der Waals surface area contributed by atoms with Crippen molar-refractivity contribution in [1.82, 2.24) is 34.1 Å². The van der Waals surface area contributed by atoms with Crippen LogP contribution in [0.15, 0.2) is 29.7 Å². The molecule has 3 fully saturated rings. The third-order valence-electron chi connectivity index (χ3n) is 7.38. The number of fused-ring (bicyclic) bond motifs is 5. The van der Waals surface area contributed by atoms with Gasteiger partial charge in [-0.3, -0.25) is 23.4 Å². The molecule has 4 aromatic rings. The molecule has 0 aromatic carbocycles. The number of anilines is 2. The summed E-state index contributed by atoms with van der Waals surface area (Å²) in [5.74, 6) is -2.67. The molecule has 6 N–H and O–H groups in total. The van der Waals surface area contributed by atoms with Crippen molar-refractivity contribution in [2.45, 2.75) is 42.6 Å². The Morgan fingerprint density at radius 2 is 2.05 bits per heavy atom. The second-order valence-corrected chi connectivity index (χ2v) is 13.7. The first-order chi connectivity index (χ1) is 20.9. The highest BCUT2D eigenvalue weighted by molar-refractivity contribution is 8.07. The van der Waals surface area contributed by atoms with Gasteiger partial charge in [0, 0.05) is 10.8 Å². The van der Waals surface area contributed by atoms with Crippen molar-refractivity contribution in [3.63, 3.8) is 0 Å². The number of aromatic nitrogens is 7. The predicted octanol–water partition coefficient (Wildman–Crippen LogP) is 0.677. The van der Waals surface area contributed by atoms with Crippen molar-refractivity contribution >= 4 is 60.7 Å². The minimum absolute atomic E-state index is 0.0765. The molecule has 3 unspecified atom stereocenters. The van der Waals surface area contributed by atoms with E-state index >= 15 is 8.78 Å². The molecule has 2 bridgehead atoms. The molecule has 3 aliphatic heterocycles. The number of aromatic amines is 1. The number of nitrogens with zero attached hydrogens (tertiary/aromatic N) is 6. The summed E-state index contributed by atoms with van der Waals surface area (Å²) in [6.45, 7) is -6.23. The van der Waals surface area contributed by atoms with Gasteiger partial charge >= 0.3 is 15.0 Å². The Morgan fingerprint density at radius 3 is 2.86 bits per heavy atom. The molecule has 0 aliphatic carbocycles. The number of hydrogen-bond donors (Lipinski definition) is 4. The van der Waals surface area contributed by atoms with E-state index in [0.717, 1.165) is 17.2 Å². The number of nitrogens with one attached hydrogen (secondary N) is 1. The summed E-state index contributed by atoms with van der Waals surface area (Å²) in [4.78, 5) is 41.5. The van der Waals surface area contributed by atoms with Crippen LogP contribution in [0.25, 0.3) is 22.2 Å². The average molecular weight is 676 g/mol. The average Bonchev–Trinajstić information content (AvgIpc) is 3.73. The Bertz CT molecular complexity index is 1900. The van der Waals surface area contributed by atoms with E-state index in [-0.39, 0.29) is 28.6 Å². The Hall–Kier alpha value is -3.10. The monoisotopic (exact) mass is 676 g/mol. The van der Waals surface area contributed by atoms with Gasteiger partial charge in [0.25, 0.3) is 5.56 Å². The van der Waals surface area contributed by atoms with E-state index in [9.17, 15) is 14.3 Å². The first-order valence-corrected chi connectivity index (χ1v) is 16.5. The van der Waals surface area contributed by atoms with E-state index in [0.29, 0.717) is 5.39 Å². The first-order valence-electron chi connectivity index (χ1n) is 12.8. The Balaban J connectivity index is 1.21. The standard InChI is InChI=1S/C21H21F2N9O9P2S/c22-11-9-3-37-42(34)40-14-10(36-5-21(14,23)32-2-1-8-15(24)26-6-27-16(8)32)4-38-43(35,44)41-13(11)19(39-9)31-7-28-12-17(31)29-20(25)30-18(12)33/h1-2,6-7,9-11,13-14,19H,3-5H2,(H5-,24,25,26,27,29,30,33,35,44)/p+1/t9-,10-,11+,13-,14-,19?,21+,43?/m1/s1. The largest absolute Gasteiger partial charge is 0.698 e. The normalized spacial score (nSPS) is 35.8. The third kappa shape index (κ3) is 4.89. The van der Waals surface area contributed by atoms with Gasteiger partial charge in [-0.25, -0.2) is 23.7 Å². The molecular weight excluding hydrogens is 654 g/mol. The fraction of sp³-hybridized carbons (Fsp3) is 0.476. The van der Waals surface area contributed by atoms with Crippen LogP contribution in [0, 0.1) is 0 Å². The zero-order valence-electron chi connectivity index (χ0n) is 22.0. The Morgan fingerprint density at radius 1 is 1.23 bits per heavy atom. The molecule has 0 spiro atoms. The van der Waals surface area contributed by atoms with Crippen molar-refractivity contribution < 1.29 is 45.8 Å². The van der Waals surface area contributed by atoms with E-state index in [4.69, 9.17) is 50.8 Å². The molecule has 234 valence electrons. The van der Waals surface area contributed by atoms with Crippen LogP contribution in [-0.2, 0) is 49.7 Å². The van der Waals surface area contributed by atoms with E-state index < -0.39 is 83.0 Å². The quantitative estimate of drug-likeness (QED) is 0.213. The smallest absolute Gasteiger partial charge is 0.383 e. The minimum atomic E-state index is -4.32. The van der Waals surface area contributed by atoms with E-state index in [2.05, 4.69) is 24.9 Å². The lowest BCUT2D eigenvalue weighted by atomic mass is 10.1. The number of nitrogen functional groups attached to an aromatic ring is 2. The van der Waals surface area contributed by atoms with Crippen LogP contribution < -0.4 is 17.0 Å². The molecule has 9 atom stereocenters. The van der Waals surface area contributed by atoms with Gasteiger partial charge in [0.1, 0.15) is 49.3 Å². The van der Waals surface area contributed by atoms with Crippen LogP contribution in [0.3, 0.4) is 0 Å². The van der Waals surface area contributed by atoms with Crippen molar-refractivity contribution in [2.75, 3.05) is 31.3 Å². The number of nitrogens with two attached hydrogens (primary N) is 2. The molecule has 0 amide bonds. The topological polar surface area (TPSA) is 239 Å². The van der Waals surface area contributed by atoms with Crippen molar-refractivity contribution in [3.05, 3.63) is 35.3 Å². The van der Waals surface area contributed by atoms with Crippen LogP contribution in [0.1, 0.15) is 6.23 Å². The van der Waals surface area contributed by atoms with Gasteiger partial charge in [0.15, 0.2) is 29.7 Å². The number of H-pyrrole nitrogens is 1. The molecule has 7 rings (SSSR count). The second kappa shape index (κ2) is 10.8. The van der Waals surface area contributed by atoms with Gasteiger partial charge in [-0.15, -0.1) is 9.05 Å². The molecule has 4 aromatic heterocycles. The fourth-order valence-electron chi connectivity index (χ4n) is 5.34. The van der Waals surface area contributed by atoms with Crippen LogP contribution in [0.2, 0.25) is 0 Å². The van der Waals surface area contributed by atoms with Gasteiger partial charge in [-0.05, 0) is 17.9 Å². The van der Waals surface area contributed by atoms with Gasteiger partial charge in [-0.2, -0.15) is 4.98 Å². The summed E-state index contributed by atoms with van der Waals surface area (Å²) in [7, 11) is -3.12. The molecule has 0 saturated carbocycles. The predicted molar refractivity (Wildman–Crippen MR) is 148 cm³/mol. The van der Waals surface area contributed by atoms with Crippen molar-refractivity contribution in [1.29, 1.82) is 0 Å². The molecule has 7 heterocycles. The molecule has 3 saturated heterocycles. The molecular formula is C21H22F2N9O9P2S+. The van der Waals surface area contributed by atoms with E-state index in [1.54, 1.807) is 0 Å². The highest BCUT2D eigenvalue weighted by Gasteiger charge is 2.59. The third-order valence-corrected chi connectivity index (χ3v) is 9.69. The van der Waals surface area contributed by atoms with Crippen LogP contribution in [0.4, 0.5) is 20.5 Å². The maximum absolute atomic E-state index is 16.8. The second-order valence-electron chi connectivity index (χ2n) is 10.0. The SMILES string of the molecule is Nc1nc2c(ncn2C2O[C@@H]3CO[P+](=O)O[C@@H]4[C@@H](COP(O)(=S)O[C@@H]2[C@H]3F)OC[C@]4(F)n2ccc3c(N)ncnc32)c(=O)[nH]1. The van der Waals surface area contributed by atoms with E-state index in [1.165, 1.54) is 16.8 Å². The number of rotatable bonds is 2. The molecule has 44 heavy (non-hydrogen) atoms. The lowest BCUT2D eigenvalue weighted by Gasteiger charge is -2.27. The zero-order valence-corrected chi connectivity index (χ0v) is 24.6. The van der Waals surface area contributed by atoms with Crippen LogP contribution in [0.5, 0.6) is 0 Å². The number of hydrogen-bond acceptors (Lipinski definition) is 15. The number of alkyl halides is 2. The lowest BCUT2D eigenvalue weighted by Crippen LogP contribution is -2.44. The number of ether oxygens (including phenoxy) is 2. The summed E-state index contributed by atoms with van der Waals surface area (Å²) < 4.78 is 81.1. The summed E-state index contributed by atoms with van der Waals surface area (Å²) >= 11 is 5.16. The van der Waals surface area contributed by atoms with Gasteiger partial charge in [0.05, 0.1) is 18.3 Å². The number of halogens is 2. The van der Waals surface area contributed by atoms with Crippen molar-refractivity contribution in [3.8, 4) is 0 Å². The molecule has 3 aliphatic rings. The molecule has 0 radical (unpaired) electrons. The summed E-state index contributed by atoms with van der Waals surface area (Å²) in [6.07, 6.45) is -5.93. The summed E-state index contributed by atoms with van der Waals surface area (Å²) in [6, 6.07) is 1.49. The maximum Gasteiger partial charge on any atom is 0.698 e. The summed E-state index contributed by atoms with van der Waals surface area (Å²) in [5.41, 5.74) is 10.8. The van der Waals surface area contributed by atoms with Crippen LogP contribution in [-0.4, -0.2) is 89.4 Å². The zero-order chi connectivity index (χ0) is 31.0. The van der Waals surface area contributed by atoms with Crippen molar-refractivity contribution in [2.24, 2.45) is 0 Å². The van der Waals surface area contributed by atoms with Crippen LogP contribution >= 0.6 is 15.0 Å². The van der Waals surface area contributed by atoms with E-state index in [1.807, 2.05) is 0 Å². The fourth-order valence-corrected chi connectivity index (χ4v) is 7.56. The Labute approximate surface area is 249 Å². The Kier molecular flexibility index (Phi) is 7.24. The maximum atomic E-state index is 16.8. The van der Waals surface area contributed by atoms with Gasteiger partial charge < -0.3 is 30.4 Å². The minimum Gasteiger partial charge on any atom is -0.383 e. The number of imidazole rings is 1. The highest BCUT2D eigenvalue weighted by Crippen LogP contribution is 2.52. The lowest BCUT2D eigenvalue weighted by molar-refractivity contribution is -0.0583.